The minimum Gasteiger partial charge on any atom is -0.349 e. The van der Waals surface area contributed by atoms with Gasteiger partial charge in [0.2, 0.25) is 5.95 Å². The van der Waals surface area contributed by atoms with Crippen LogP contribution in [0.5, 0.6) is 0 Å². The lowest BCUT2D eigenvalue weighted by Crippen LogP contribution is -2.31. The summed E-state index contributed by atoms with van der Waals surface area (Å²) in [6.45, 7) is 6.43. The molecule has 0 atom stereocenters. The Morgan fingerprint density at radius 3 is 2.43 bits per heavy atom. The van der Waals surface area contributed by atoms with Crippen molar-refractivity contribution in [3.8, 4) is 0 Å². The molecule has 0 spiro atoms. The van der Waals surface area contributed by atoms with Crippen molar-refractivity contribution in [2.75, 3.05) is 5.32 Å². The van der Waals surface area contributed by atoms with E-state index in [2.05, 4.69) is 36.1 Å². The van der Waals surface area contributed by atoms with Crippen molar-refractivity contribution in [1.29, 1.82) is 0 Å². The summed E-state index contributed by atoms with van der Waals surface area (Å²) >= 11 is 5.69. The second-order valence-corrected chi connectivity index (χ2v) is 4.42. The summed E-state index contributed by atoms with van der Waals surface area (Å²) in [6, 6.07) is 0. The van der Waals surface area contributed by atoms with Crippen LogP contribution in [0.2, 0.25) is 5.02 Å². The van der Waals surface area contributed by atoms with Crippen LogP contribution in [-0.4, -0.2) is 15.5 Å². The van der Waals surface area contributed by atoms with Crippen molar-refractivity contribution in [1.82, 2.24) is 9.97 Å². The minimum absolute atomic E-state index is 0.0303. The van der Waals surface area contributed by atoms with Crippen LogP contribution >= 0.6 is 11.6 Å². The molecule has 1 aromatic heterocycles. The monoisotopic (exact) mass is 213 g/mol. The first-order valence-corrected chi connectivity index (χ1v) is 5.17. The molecule has 0 fully saturated rings. The summed E-state index contributed by atoms with van der Waals surface area (Å²) in [5.74, 6) is 0.632. The van der Waals surface area contributed by atoms with Crippen LogP contribution in [0.1, 0.15) is 33.6 Å². The summed E-state index contributed by atoms with van der Waals surface area (Å²) in [5.41, 5.74) is 0.0303. The van der Waals surface area contributed by atoms with Gasteiger partial charge in [-0.3, -0.25) is 0 Å². The van der Waals surface area contributed by atoms with Crippen molar-refractivity contribution in [2.45, 2.75) is 39.2 Å². The van der Waals surface area contributed by atoms with Gasteiger partial charge in [-0.15, -0.1) is 0 Å². The molecule has 1 rings (SSSR count). The highest BCUT2D eigenvalue weighted by Crippen LogP contribution is 2.16. The topological polar surface area (TPSA) is 37.8 Å². The van der Waals surface area contributed by atoms with E-state index in [1.165, 1.54) is 0 Å². The van der Waals surface area contributed by atoms with Gasteiger partial charge < -0.3 is 5.32 Å². The molecule has 0 unspecified atom stereocenters. The van der Waals surface area contributed by atoms with Gasteiger partial charge in [0.25, 0.3) is 0 Å². The van der Waals surface area contributed by atoms with Crippen molar-refractivity contribution in [2.24, 2.45) is 0 Å². The number of aromatic nitrogens is 2. The Labute approximate surface area is 89.9 Å². The molecule has 0 saturated heterocycles. The Bertz CT molecular complexity index is 282. The van der Waals surface area contributed by atoms with Crippen molar-refractivity contribution in [3.05, 3.63) is 17.4 Å². The molecule has 0 saturated carbocycles. The Morgan fingerprint density at radius 1 is 1.36 bits per heavy atom. The zero-order valence-corrected chi connectivity index (χ0v) is 9.60. The van der Waals surface area contributed by atoms with Gasteiger partial charge in [-0.2, -0.15) is 0 Å². The zero-order valence-electron chi connectivity index (χ0n) is 8.84. The molecule has 0 aliphatic carbocycles. The van der Waals surface area contributed by atoms with E-state index in [1.807, 2.05) is 0 Å². The molecule has 0 amide bonds. The molecule has 0 bridgehead atoms. The lowest BCUT2D eigenvalue weighted by atomic mass is 9.99. The Kier molecular flexibility index (Phi) is 3.69. The third-order valence-corrected chi connectivity index (χ3v) is 2.14. The summed E-state index contributed by atoms with van der Waals surface area (Å²) in [5, 5.41) is 3.82. The third-order valence-electron chi connectivity index (χ3n) is 1.95. The van der Waals surface area contributed by atoms with Gasteiger partial charge in [0.15, 0.2) is 0 Å². The standard InChI is InChI=1S/C10H16ClN3/c1-4-5-10(2,3)14-9-12-6-8(11)7-13-9/h6-7H,4-5H2,1-3H3,(H,12,13,14). The highest BCUT2D eigenvalue weighted by molar-refractivity contribution is 6.30. The van der Waals surface area contributed by atoms with E-state index in [-0.39, 0.29) is 5.54 Å². The highest BCUT2D eigenvalue weighted by atomic mass is 35.5. The Morgan fingerprint density at radius 2 is 1.93 bits per heavy atom. The molecule has 0 aliphatic rings. The molecule has 1 aromatic rings. The van der Waals surface area contributed by atoms with Crippen LogP contribution in [-0.2, 0) is 0 Å². The van der Waals surface area contributed by atoms with Gasteiger partial charge in [-0.1, -0.05) is 24.9 Å². The van der Waals surface area contributed by atoms with Crippen LogP contribution in [0.4, 0.5) is 5.95 Å². The first-order valence-electron chi connectivity index (χ1n) is 4.79. The van der Waals surface area contributed by atoms with E-state index < -0.39 is 0 Å². The van der Waals surface area contributed by atoms with Crippen molar-refractivity contribution >= 4 is 17.5 Å². The number of hydrogen-bond acceptors (Lipinski definition) is 3. The van der Waals surface area contributed by atoms with Gasteiger partial charge in [0.05, 0.1) is 17.4 Å². The van der Waals surface area contributed by atoms with Gasteiger partial charge in [0.1, 0.15) is 0 Å². The van der Waals surface area contributed by atoms with Crippen molar-refractivity contribution < 1.29 is 0 Å². The average Bonchev–Trinajstić information content (AvgIpc) is 2.08. The molecular weight excluding hydrogens is 198 g/mol. The number of halogens is 1. The van der Waals surface area contributed by atoms with Gasteiger partial charge in [-0.05, 0) is 20.3 Å². The maximum absolute atomic E-state index is 5.69. The smallest absolute Gasteiger partial charge is 0.223 e. The quantitative estimate of drug-likeness (QED) is 0.835. The third kappa shape index (κ3) is 3.50. The molecule has 0 radical (unpaired) electrons. The highest BCUT2D eigenvalue weighted by Gasteiger charge is 2.16. The zero-order chi connectivity index (χ0) is 10.6. The van der Waals surface area contributed by atoms with E-state index in [0.717, 1.165) is 12.8 Å². The predicted molar refractivity (Wildman–Crippen MR) is 59.7 cm³/mol. The van der Waals surface area contributed by atoms with Gasteiger partial charge in [0, 0.05) is 5.54 Å². The summed E-state index contributed by atoms with van der Waals surface area (Å²) in [7, 11) is 0. The Hall–Kier alpha value is -0.830. The van der Waals surface area contributed by atoms with E-state index >= 15 is 0 Å². The fraction of sp³-hybridized carbons (Fsp3) is 0.600. The maximum Gasteiger partial charge on any atom is 0.223 e. The fourth-order valence-corrected chi connectivity index (χ4v) is 1.46. The average molecular weight is 214 g/mol. The lowest BCUT2D eigenvalue weighted by molar-refractivity contribution is 0.507. The number of nitrogens with zero attached hydrogens (tertiary/aromatic N) is 2. The minimum atomic E-state index is 0.0303. The van der Waals surface area contributed by atoms with E-state index in [0.29, 0.717) is 11.0 Å². The van der Waals surface area contributed by atoms with Gasteiger partial charge in [-0.25, -0.2) is 9.97 Å². The first-order chi connectivity index (χ1) is 6.53. The Balaban J connectivity index is 2.64. The second-order valence-electron chi connectivity index (χ2n) is 3.98. The predicted octanol–water partition coefficient (Wildman–Crippen LogP) is 3.12. The molecule has 0 aromatic carbocycles. The second kappa shape index (κ2) is 4.60. The first kappa shape index (κ1) is 11.2. The molecule has 4 heteroatoms. The fourth-order valence-electron chi connectivity index (χ4n) is 1.37. The number of rotatable bonds is 4. The van der Waals surface area contributed by atoms with Crippen LogP contribution in [0.3, 0.4) is 0 Å². The van der Waals surface area contributed by atoms with E-state index in [9.17, 15) is 0 Å². The molecule has 1 N–H and O–H groups in total. The summed E-state index contributed by atoms with van der Waals surface area (Å²) < 4.78 is 0. The molecule has 3 nitrogen and oxygen atoms in total. The maximum atomic E-state index is 5.69. The van der Waals surface area contributed by atoms with E-state index in [4.69, 9.17) is 11.6 Å². The van der Waals surface area contributed by atoms with Crippen LogP contribution in [0.25, 0.3) is 0 Å². The molecule has 0 aliphatic heterocycles. The number of hydrogen-bond donors (Lipinski definition) is 1. The van der Waals surface area contributed by atoms with Crippen LogP contribution in [0, 0.1) is 0 Å². The molecule has 1 heterocycles. The number of nitrogens with one attached hydrogen (secondary N) is 1. The van der Waals surface area contributed by atoms with Crippen LogP contribution in [0.15, 0.2) is 12.4 Å². The normalized spacial score (nSPS) is 11.4. The number of anilines is 1. The molecule has 14 heavy (non-hydrogen) atoms. The lowest BCUT2D eigenvalue weighted by Gasteiger charge is -2.25. The van der Waals surface area contributed by atoms with E-state index in [1.54, 1.807) is 12.4 Å². The largest absolute Gasteiger partial charge is 0.349 e. The summed E-state index contributed by atoms with van der Waals surface area (Å²) in [4.78, 5) is 8.18. The van der Waals surface area contributed by atoms with Crippen molar-refractivity contribution in [3.63, 3.8) is 0 Å². The van der Waals surface area contributed by atoms with Crippen LogP contribution < -0.4 is 5.32 Å². The SMILES string of the molecule is CCCC(C)(C)Nc1ncc(Cl)cn1. The van der Waals surface area contributed by atoms with Gasteiger partial charge >= 0.3 is 0 Å². The summed E-state index contributed by atoms with van der Waals surface area (Å²) in [6.07, 6.45) is 5.41. The molecule has 78 valence electrons. The molecular formula is C10H16ClN3.